The molecule has 4 rings (SSSR count). The smallest absolute Gasteiger partial charge is 0.344 e. The quantitative estimate of drug-likeness (QED) is 0.612. The molecule has 2 aromatic rings. The van der Waals surface area contributed by atoms with Gasteiger partial charge in [0.1, 0.15) is 11.6 Å². The molecule has 2 aromatic carbocycles. The normalized spacial score (nSPS) is 19.3. The summed E-state index contributed by atoms with van der Waals surface area (Å²) in [7, 11) is 2.91. The number of carbonyl (C=O) groups excluding carboxylic acids is 3. The largest absolute Gasteiger partial charge is 0.493 e. The molecule has 0 radical (unpaired) electrons. The van der Waals surface area contributed by atoms with E-state index in [0.717, 1.165) is 19.3 Å². The van der Waals surface area contributed by atoms with Crippen molar-refractivity contribution in [3.8, 4) is 11.5 Å². The minimum absolute atomic E-state index is 0.199. The molecule has 1 unspecified atom stereocenters. The van der Waals surface area contributed by atoms with Crippen LogP contribution in [-0.2, 0) is 20.7 Å². The summed E-state index contributed by atoms with van der Waals surface area (Å²) in [4.78, 5) is 39.9. The zero-order valence-electron chi connectivity index (χ0n) is 19.1. The summed E-state index contributed by atoms with van der Waals surface area (Å²) in [5.41, 5.74) is 2.57. The lowest BCUT2D eigenvalue weighted by molar-refractivity contribution is -0.144. The van der Waals surface area contributed by atoms with Gasteiger partial charge in [0.25, 0.3) is 0 Å². The van der Waals surface area contributed by atoms with E-state index in [4.69, 9.17) is 14.2 Å². The van der Waals surface area contributed by atoms with Gasteiger partial charge < -0.3 is 19.5 Å². The molecule has 0 bridgehead atoms. The number of carbonyl (C=O) groups is 3. The molecule has 33 heavy (non-hydrogen) atoms. The van der Waals surface area contributed by atoms with Crippen molar-refractivity contribution in [1.82, 2.24) is 4.90 Å². The van der Waals surface area contributed by atoms with Crippen LogP contribution in [0.3, 0.4) is 0 Å². The Kier molecular flexibility index (Phi) is 6.53. The Morgan fingerprint density at radius 2 is 1.88 bits per heavy atom. The Balaban J connectivity index is 1.56. The number of rotatable bonds is 8. The third kappa shape index (κ3) is 4.25. The predicted octanol–water partition coefficient (Wildman–Crippen LogP) is 3.85. The van der Waals surface area contributed by atoms with Crippen LogP contribution < -0.4 is 14.8 Å². The molecular weight excluding hydrogens is 424 g/mol. The van der Waals surface area contributed by atoms with E-state index >= 15 is 0 Å². The molecule has 0 saturated carbocycles. The van der Waals surface area contributed by atoms with E-state index in [-0.39, 0.29) is 29.5 Å². The van der Waals surface area contributed by atoms with Gasteiger partial charge in [0, 0.05) is 17.7 Å². The van der Waals surface area contributed by atoms with Crippen LogP contribution in [0.4, 0.5) is 5.69 Å². The van der Waals surface area contributed by atoms with Gasteiger partial charge in [-0.2, -0.15) is 0 Å². The summed E-state index contributed by atoms with van der Waals surface area (Å²) in [6.45, 7) is 2.15. The molecule has 174 valence electrons. The van der Waals surface area contributed by atoms with E-state index in [2.05, 4.69) is 12.2 Å². The number of nitrogens with zero attached hydrogens (tertiary/aromatic N) is 1. The highest BCUT2D eigenvalue weighted by molar-refractivity contribution is 6.01. The number of amides is 2. The molecule has 8 nitrogen and oxygen atoms in total. The van der Waals surface area contributed by atoms with E-state index in [0.29, 0.717) is 23.4 Å². The van der Waals surface area contributed by atoms with Gasteiger partial charge in [-0.25, -0.2) is 4.79 Å². The standard InChI is InChI=1S/C25H28N2O6/c1-4-5-6-15-7-9-16(10-8-15)26-23(29)18-12-14-20(28)27(18)24-17-11-13-19(31-2)22(32-3)21(17)25(30)33-24/h7-11,13,18,24H,4-6,12,14H2,1-3H3,(H,26,29)/t18-,24?/m0/s1. The maximum Gasteiger partial charge on any atom is 0.344 e. The summed E-state index contributed by atoms with van der Waals surface area (Å²) >= 11 is 0. The first-order valence-corrected chi connectivity index (χ1v) is 11.1. The summed E-state index contributed by atoms with van der Waals surface area (Å²) in [6.07, 6.45) is 2.78. The number of hydrogen-bond acceptors (Lipinski definition) is 6. The number of esters is 1. The number of hydrogen-bond donors (Lipinski definition) is 1. The van der Waals surface area contributed by atoms with Gasteiger partial charge in [-0.1, -0.05) is 25.5 Å². The number of methoxy groups -OCH3 is 2. The van der Waals surface area contributed by atoms with Crippen molar-refractivity contribution < 1.29 is 28.6 Å². The fraction of sp³-hybridized carbons (Fsp3) is 0.400. The molecule has 0 spiro atoms. The molecule has 2 aliphatic heterocycles. The third-order valence-corrected chi connectivity index (χ3v) is 6.12. The minimum Gasteiger partial charge on any atom is -0.493 e. The number of benzene rings is 2. The highest BCUT2D eigenvalue weighted by atomic mass is 16.6. The first-order chi connectivity index (χ1) is 16.0. The number of likely N-dealkylation sites (tertiary alicyclic amines) is 1. The third-order valence-electron chi connectivity index (χ3n) is 6.12. The maximum atomic E-state index is 13.1. The number of aryl methyl sites for hydroxylation is 1. The van der Waals surface area contributed by atoms with Gasteiger partial charge >= 0.3 is 5.97 Å². The average molecular weight is 453 g/mol. The number of anilines is 1. The minimum atomic E-state index is -0.991. The summed E-state index contributed by atoms with van der Waals surface area (Å²) < 4.78 is 16.2. The fourth-order valence-electron chi connectivity index (χ4n) is 4.40. The second kappa shape index (κ2) is 9.52. The van der Waals surface area contributed by atoms with E-state index in [1.165, 1.54) is 24.7 Å². The SMILES string of the molecule is CCCCc1ccc(NC(=O)[C@@H]2CCC(=O)N2C2OC(=O)c3c2ccc(OC)c3OC)cc1. The second-order valence-electron chi connectivity index (χ2n) is 8.17. The highest BCUT2D eigenvalue weighted by Crippen LogP contribution is 2.45. The van der Waals surface area contributed by atoms with Crippen molar-refractivity contribution in [2.75, 3.05) is 19.5 Å². The van der Waals surface area contributed by atoms with Crippen LogP contribution in [0.25, 0.3) is 0 Å². The van der Waals surface area contributed by atoms with Crippen LogP contribution in [-0.4, -0.2) is 42.9 Å². The molecule has 1 saturated heterocycles. The first-order valence-electron chi connectivity index (χ1n) is 11.1. The molecule has 2 heterocycles. The van der Waals surface area contributed by atoms with Gasteiger partial charge in [-0.05, 0) is 49.1 Å². The Hall–Kier alpha value is -3.55. The van der Waals surface area contributed by atoms with Gasteiger partial charge in [0.05, 0.1) is 14.2 Å². The lowest BCUT2D eigenvalue weighted by atomic mass is 10.0. The topological polar surface area (TPSA) is 94.2 Å². The van der Waals surface area contributed by atoms with Crippen molar-refractivity contribution in [2.24, 2.45) is 0 Å². The zero-order chi connectivity index (χ0) is 23.5. The Bertz CT molecular complexity index is 1070. The number of fused-ring (bicyclic) bond motifs is 1. The monoisotopic (exact) mass is 452 g/mol. The van der Waals surface area contributed by atoms with Gasteiger partial charge in [0.15, 0.2) is 11.5 Å². The number of cyclic esters (lactones) is 1. The van der Waals surface area contributed by atoms with E-state index in [9.17, 15) is 14.4 Å². The van der Waals surface area contributed by atoms with Gasteiger partial charge in [-0.3, -0.25) is 14.5 Å². The predicted molar refractivity (Wildman–Crippen MR) is 121 cm³/mol. The molecule has 0 aliphatic carbocycles. The molecule has 2 amide bonds. The fourth-order valence-corrected chi connectivity index (χ4v) is 4.40. The van der Waals surface area contributed by atoms with Crippen molar-refractivity contribution >= 4 is 23.5 Å². The van der Waals surface area contributed by atoms with Crippen LogP contribution in [0.1, 0.15) is 60.3 Å². The van der Waals surface area contributed by atoms with Crippen molar-refractivity contribution in [3.63, 3.8) is 0 Å². The Morgan fingerprint density at radius 1 is 1.12 bits per heavy atom. The first kappa shape index (κ1) is 22.6. The van der Waals surface area contributed by atoms with Crippen LogP contribution >= 0.6 is 0 Å². The summed E-state index contributed by atoms with van der Waals surface area (Å²) in [5.74, 6) is -0.540. The zero-order valence-corrected chi connectivity index (χ0v) is 19.1. The molecule has 1 fully saturated rings. The van der Waals surface area contributed by atoms with E-state index in [1.807, 2.05) is 24.3 Å². The van der Waals surface area contributed by atoms with Crippen LogP contribution in [0.5, 0.6) is 11.5 Å². The maximum absolute atomic E-state index is 13.1. The number of unbranched alkanes of at least 4 members (excludes halogenated alkanes) is 1. The second-order valence-corrected chi connectivity index (χ2v) is 8.17. The van der Waals surface area contributed by atoms with Gasteiger partial charge in [-0.15, -0.1) is 0 Å². The van der Waals surface area contributed by atoms with Crippen LogP contribution in [0, 0.1) is 0 Å². The van der Waals surface area contributed by atoms with Crippen molar-refractivity contribution in [3.05, 3.63) is 53.1 Å². The molecular formula is C25H28N2O6. The van der Waals surface area contributed by atoms with E-state index in [1.54, 1.807) is 12.1 Å². The summed E-state index contributed by atoms with van der Waals surface area (Å²) in [5, 5.41) is 2.90. The van der Waals surface area contributed by atoms with Gasteiger partial charge in [0.2, 0.25) is 18.0 Å². The lowest BCUT2D eigenvalue weighted by Gasteiger charge is -2.29. The number of nitrogens with one attached hydrogen (secondary N) is 1. The highest BCUT2D eigenvalue weighted by Gasteiger charge is 2.47. The van der Waals surface area contributed by atoms with Crippen LogP contribution in [0.2, 0.25) is 0 Å². The van der Waals surface area contributed by atoms with Crippen LogP contribution in [0.15, 0.2) is 36.4 Å². The number of ether oxygens (including phenoxy) is 3. The molecule has 2 atom stereocenters. The molecule has 0 aromatic heterocycles. The Morgan fingerprint density at radius 3 is 2.55 bits per heavy atom. The molecule has 2 aliphatic rings. The van der Waals surface area contributed by atoms with Crippen molar-refractivity contribution in [1.29, 1.82) is 0 Å². The van der Waals surface area contributed by atoms with Crippen molar-refractivity contribution in [2.45, 2.75) is 51.3 Å². The Labute approximate surface area is 192 Å². The van der Waals surface area contributed by atoms with E-state index < -0.39 is 18.2 Å². The lowest BCUT2D eigenvalue weighted by Crippen LogP contribution is -2.43. The summed E-state index contributed by atoms with van der Waals surface area (Å²) in [6, 6.07) is 10.3. The average Bonchev–Trinajstić information content (AvgIpc) is 3.37. The molecule has 1 N–H and O–H groups in total. The molecule has 8 heteroatoms.